The smallest absolute Gasteiger partial charge is 0.308 e. The minimum atomic E-state index is -0.0417. The van der Waals surface area contributed by atoms with Crippen molar-refractivity contribution in [3.8, 4) is 0 Å². The topological polar surface area (TPSA) is 52.6 Å². The Bertz CT molecular complexity index is 215. The quantitative estimate of drug-likeness (QED) is 0.575. The monoisotopic (exact) mass is 214 g/mol. The van der Waals surface area contributed by atoms with E-state index < -0.39 is 0 Å². The number of esters is 2. The molecule has 0 aromatic carbocycles. The van der Waals surface area contributed by atoms with E-state index >= 15 is 0 Å². The number of carbonyl (C=O) groups excluding carboxylic acids is 2. The Kier molecular flexibility index (Phi) is 5.15. The maximum Gasteiger partial charge on any atom is 0.308 e. The number of ether oxygens (including phenoxy) is 2. The third-order valence-corrected chi connectivity index (χ3v) is 2.49. The van der Waals surface area contributed by atoms with Gasteiger partial charge in [-0.2, -0.15) is 0 Å². The van der Waals surface area contributed by atoms with Crippen molar-refractivity contribution < 1.29 is 19.1 Å². The summed E-state index contributed by atoms with van der Waals surface area (Å²) in [5.41, 5.74) is 0. The molecule has 1 unspecified atom stereocenters. The zero-order valence-corrected chi connectivity index (χ0v) is 9.16. The van der Waals surface area contributed by atoms with Gasteiger partial charge in [-0.25, -0.2) is 0 Å². The number of cyclic esters (lactones) is 2. The molecule has 2 rings (SSSR count). The Labute approximate surface area is 89.9 Å². The average Bonchev–Trinajstić information content (AvgIpc) is 2.46. The van der Waals surface area contributed by atoms with Crippen LogP contribution in [0, 0.1) is 5.92 Å². The van der Waals surface area contributed by atoms with Gasteiger partial charge in [0, 0.05) is 6.42 Å². The highest BCUT2D eigenvalue weighted by Gasteiger charge is 2.20. The van der Waals surface area contributed by atoms with Crippen molar-refractivity contribution in [2.45, 2.75) is 39.0 Å². The molecule has 15 heavy (non-hydrogen) atoms. The van der Waals surface area contributed by atoms with Crippen molar-refractivity contribution in [2.24, 2.45) is 5.92 Å². The fraction of sp³-hybridized carbons (Fsp3) is 0.818. The van der Waals surface area contributed by atoms with Gasteiger partial charge in [0.15, 0.2) is 0 Å². The first-order valence-corrected chi connectivity index (χ1v) is 5.52. The summed E-state index contributed by atoms with van der Waals surface area (Å²) in [6, 6.07) is 0. The molecule has 0 N–H and O–H groups in total. The Hall–Kier alpha value is -1.06. The van der Waals surface area contributed by atoms with Crippen molar-refractivity contribution in [1.29, 1.82) is 0 Å². The van der Waals surface area contributed by atoms with Crippen molar-refractivity contribution in [3.05, 3.63) is 0 Å². The van der Waals surface area contributed by atoms with Gasteiger partial charge >= 0.3 is 11.9 Å². The second-order valence-corrected chi connectivity index (χ2v) is 3.89. The van der Waals surface area contributed by atoms with E-state index in [-0.39, 0.29) is 17.9 Å². The summed E-state index contributed by atoms with van der Waals surface area (Å²) < 4.78 is 9.39. The van der Waals surface area contributed by atoms with Crippen LogP contribution in [0.5, 0.6) is 0 Å². The summed E-state index contributed by atoms with van der Waals surface area (Å²) in [7, 11) is 0. The van der Waals surface area contributed by atoms with Gasteiger partial charge in [0.1, 0.15) is 0 Å². The van der Waals surface area contributed by atoms with E-state index in [9.17, 15) is 9.59 Å². The largest absolute Gasteiger partial charge is 0.466 e. The molecule has 0 bridgehead atoms. The summed E-state index contributed by atoms with van der Waals surface area (Å²) in [4.78, 5) is 20.8. The van der Waals surface area contributed by atoms with Crippen molar-refractivity contribution in [3.63, 3.8) is 0 Å². The molecule has 4 heteroatoms. The fourth-order valence-electron chi connectivity index (χ4n) is 1.40. The van der Waals surface area contributed by atoms with E-state index in [0.717, 1.165) is 25.7 Å². The highest BCUT2D eigenvalue weighted by atomic mass is 16.5. The maximum absolute atomic E-state index is 10.5. The predicted molar refractivity (Wildman–Crippen MR) is 54.2 cm³/mol. The van der Waals surface area contributed by atoms with Gasteiger partial charge < -0.3 is 9.47 Å². The van der Waals surface area contributed by atoms with Crippen LogP contribution < -0.4 is 0 Å². The van der Waals surface area contributed by atoms with Crippen LogP contribution in [-0.2, 0) is 19.1 Å². The molecule has 1 atom stereocenters. The lowest BCUT2D eigenvalue weighted by Crippen LogP contribution is -2.00. The van der Waals surface area contributed by atoms with Gasteiger partial charge in [-0.3, -0.25) is 9.59 Å². The van der Waals surface area contributed by atoms with Gasteiger partial charge in [0.2, 0.25) is 0 Å². The average molecular weight is 214 g/mol. The zero-order valence-electron chi connectivity index (χ0n) is 9.16. The third-order valence-electron chi connectivity index (χ3n) is 2.49. The molecule has 2 aliphatic rings. The van der Waals surface area contributed by atoms with Crippen LogP contribution in [0.1, 0.15) is 39.0 Å². The Morgan fingerprint density at radius 3 is 2.40 bits per heavy atom. The van der Waals surface area contributed by atoms with Crippen LogP contribution in [0.2, 0.25) is 0 Å². The second kappa shape index (κ2) is 6.43. The second-order valence-electron chi connectivity index (χ2n) is 3.89. The molecular weight excluding hydrogens is 196 g/mol. The zero-order chi connectivity index (χ0) is 11.1. The first-order valence-electron chi connectivity index (χ1n) is 5.52. The summed E-state index contributed by atoms with van der Waals surface area (Å²) in [6.45, 7) is 3.15. The maximum atomic E-state index is 10.5. The summed E-state index contributed by atoms with van der Waals surface area (Å²) in [5, 5.41) is 0. The van der Waals surface area contributed by atoms with Gasteiger partial charge in [-0.05, 0) is 25.7 Å². The molecule has 0 spiro atoms. The van der Waals surface area contributed by atoms with Crippen LogP contribution >= 0.6 is 0 Å². The highest BCUT2D eigenvalue weighted by molar-refractivity contribution is 5.73. The van der Waals surface area contributed by atoms with Crippen LogP contribution in [-0.4, -0.2) is 25.2 Å². The van der Waals surface area contributed by atoms with E-state index in [4.69, 9.17) is 4.74 Å². The molecule has 4 nitrogen and oxygen atoms in total. The van der Waals surface area contributed by atoms with E-state index in [0.29, 0.717) is 19.6 Å². The van der Waals surface area contributed by atoms with Gasteiger partial charge in [-0.1, -0.05) is 6.92 Å². The summed E-state index contributed by atoms with van der Waals surface area (Å²) in [5.74, 6) is 0.0856. The van der Waals surface area contributed by atoms with Gasteiger partial charge in [0.05, 0.1) is 19.1 Å². The van der Waals surface area contributed by atoms with Crippen LogP contribution in [0.3, 0.4) is 0 Å². The third kappa shape index (κ3) is 4.81. The van der Waals surface area contributed by atoms with E-state index in [1.165, 1.54) is 0 Å². The number of rotatable bonds is 0. The molecule has 2 heterocycles. The lowest BCUT2D eigenvalue weighted by Gasteiger charge is -1.93. The normalized spacial score (nSPS) is 25.8. The molecule has 0 radical (unpaired) electrons. The Morgan fingerprint density at radius 2 is 1.87 bits per heavy atom. The van der Waals surface area contributed by atoms with Gasteiger partial charge in [0.25, 0.3) is 0 Å². The molecule has 2 fully saturated rings. The number of hydrogen-bond donors (Lipinski definition) is 0. The molecule has 86 valence electrons. The van der Waals surface area contributed by atoms with E-state index in [2.05, 4.69) is 4.74 Å². The first kappa shape index (κ1) is 12.0. The molecule has 2 aliphatic heterocycles. The van der Waals surface area contributed by atoms with Gasteiger partial charge in [-0.15, -0.1) is 0 Å². The molecule has 2 saturated heterocycles. The predicted octanol–water partition coefficient (Wildman–Crippen LogP) is 1.67. The molecule has 0 aromatic rings. The van der Waals surface area contributed by atoms with Crippen LogP contribution in [0.4, 0.5) is 0 Å². The fourth-order valence-corrected chi connectivity index (χ4v) is 1.40. The minimum absolute atomic E-state index is 0.0255. The van der Waals surface area contributed by atoms with Crippen molar-refractivity contribution in [1.82, 2.24) is 0 Å². The van der Waals surface area contributed by atoms with Crippen molar-refractivity contribution in [2.75, 3.05) is 13.2 Å². The van der Waals surface area contributed by atoms with Crippen LogP contribution in [0.25, 0.3) is 0 Å². The highest BCUT2D eigenvalue weighted by Crippen LogP contribution is 2.11. The van der Waals surface area contributed by atoms with E-state index in [1.54, 1.807) is 0 Å². The number of hydrogen-bond acceptors (Lipinski definition) is 4. The molecule has 0 amide bonds. The number of carbonyl (C=O) groups is 2. The standard InChI is InChI=1S/C6H10O2.C5H8O2/c7-6-4-2-1-3-5-8-6;1-4-2-3-7-5(4)6/h1-5H2;4H,2-3H2,1H3. The molecular formula is C11H18O4. The first-order chi connectivity index (χ1) is 7.20. The molecule has 0 saturated carbocycles. The Balaban J connectivity index is 0.000000151. The summed E-state index contributed by atoms with van der Waals surface area (Å²) >= 11 is 0. The van der Waals surface area contributed by atoms with E-state index in [1.807, 2.05) is 6.92 Å². The molecule has 0 aromatic heterocycles. The Morgan fingerprint density at radius 1 is 1.07 bits per heavy atom. The molecule has 0 aliphatic carbocycles. The van der Waals surface area contributed by atoms with Crippen molar-refractivity contribution >= 4 is 11.9 Å². The SMILES string of the molecule is CC1CCOC1=O.O=C1CCCCCO1. The summed E-state index contributed by atoms with van der Waals surface area (Å²) in [6.07, 6.45) is 4.73. The lowest BCUT2D eigenvalue weighted by molar-refractivity contribution is -0.143. The minimum Gasteiger partial charge on any atom is -0.466 e. The van der Waals surface area contributed by atoms with Crippen LogP contribution in [0.15, 0.2) is 0 Å². The lowest BCUT2D eigenvalue weighted by atomic mass is 10.2.